The molecule has 0 atom stereocenters. The van der Waals surface area contributed by atoms with E-state index in [1.165, 1.54) is 0 Å². The van der Waals surface area contributed by atoms with Crippen LogP contribution in [0, 0.1) is 0 Å². The molecule has 0 saturated heterocycles. The molecule has 0 bridgehead atoms. The summed E-state index contributed by atoms with van der Waals surface area (Å²) in [5.41, 5.74) is 0. The molecule has 0 rings (SSSR count). The minimum absolute atomic E-state index is 0.0620. The Morgan fingerprint density at radius 3 is 2.44 bits per heavy atom. The Morgan fingerprint density at radius 2 is 2.11 bits per heavy atom. The van der Waals surface area contributed by atoms with Crippen molar-refractivity contribution in [3.63, 3.8) is 0 Å². The van der Waals surface area contributed by atoms with E-state index in [1.54, 1.807) is 0 Å². The van der Waals surface area contributed by atoms with Crippen molar-refractivity contribution in [3.8, 4) is 0 Å². The molecule has 0 unspecified atom stereocenters. The summed E-state index contributed by atoms with van der Waals surface area (Å²) in [5.74, 6) is -0.378. The van der Waals surface area contributed by atoms with Crippen molar-refractivity contribution in [3.05, 3.63) is 0 Å². The van der Waals surface area contributed by atoms with Gasteiger partial charge in [0, 0.05) is 5.88 Å². The first-order chi connectivity index (χ1) is 4.12. The minimum atomic E-state index is -3.61. The summed E-state index contributed by atoms with van der Waals surface area (Å²) in [6, 6.07) is 0. The molecule has 0 N–H and O–H groups in total. The second-order valence-corrected chi connectivity index (χ2v) is 3.29. The zero-order chi connectivity index (χ0) is 7.33. The van der Waals surface area contributed by atoms with Gasteiger partial charge >= 0.3 is 0 Å². The van der Waals surface area contributed by atoms with Crippen molar-refractivity contribution in [2.24, 2.45) is 4.40 Å². The van der Waals surface area contributed by atoms with E-state index in [1.807, 2.05) is 0 Å². The quantitative estimate of drug-likeness (QED) is 0.337. The number of rotatable bonds is 3. The molecule has 0 saturated carbocycles. The van der Waals surface area contributed by atoms with Crippen molar-refractivity contribution in [1.29, 1.82) is 0 Å². The highest BCUT2D eigenvalue weighted by Crippen LogP contribution is 1.90. The van der Waals surface area contributed by atoms with E-state index in [9.17, 15) is 13.2 Å². The molecule has 0 aliphatic rings. The van der Waals surface area contributed by atoms with Gasteiger partial charge in [-0.05, 0) is 0 Å². The van der Waals surface area contributed by atoms with Crippen LogP contribution in [0.1, 0.15) is 0 Å². The van der Waals surface area contributed by atoms with Gasteiger partial charge < -0.3 is 0 Å². The Morgan fingerprint density at radius 1 is 1.56 bits per heavy atom. The maximum absolute atomic E-state index is 10.3. The lowest BCUT2D eigenvalue weighted by molar-refractivity contribution is 0.563. The fourth-order valence-electron chi connectivity index (χ4n) is 0.200. The second kappa shape index (κ2) is 3.61. The predicted molar refractivity (Wildman–Crippen MR) is 32.6 cm³/mol. The number of sulfonamides is 1. The highest BCUT2D eigenvalue weighted by molar-refractivity contribution is 7.90. The van der Waals surface area contributed by atoms with Gasteiger partial charge in [0.25, 0.3) is 16.1 Å². The molecule has 0 aromatic heterocycles. The summed E-state index contributed by atoms with van der Waals surface area (Å²) < 4.78 is 23.2. The fraction of sp³-hybridized carbons (Fsp3) is 0.667. The average molecular weight is 170 g/mol. The van der Waals surface area contributed by atoms with Gasteiger partial charge in [-0.15, -0.1) is 11.6 Å². The van der Waals surface area contributed by atoms with E-state index in [0.29, 0.717) is 0 Å². The smallest absolute Gasteiger partial charge is 0.210 e. The van der Waals surface area contributed by atoms with Crippen molar-refractivity contribution >= 4 is 27.7 Å². The van der Waals surface area contributed by atoms with E-state index >= 15 is 0 Å². The van der Waals surface area contributed by atoms with Gasteiger partial charge in [0.05, 0.1) is 5.75 Å². The van der Waals surface area contributed by atoms with Crippen LogP contribution in [0.5, 0.6) is 0 Å². The summed E-state index contributed by atoms with van der Waals surface area (Å²) in [6.07, 6.45) is 0.921. The Bertz CT molecular complexity index is 215. The van der Waals surface area contributed by atoms with Gasteiger partial charge in [0.2, 0.25) is 0 Å². The third-order valence-corrected chi connectivity index (χ3v) is 2.00. The van der Waals surface area contributed by atoms with Crippen LogP contribution in [0.15, 0.2) is 4.40 Å². The maximum atomic E-state index is 10.3. The number of carbonyl (C=O) groups excluding carboxylic acids is 1. The molecular weight excluding hydrogens is 166 g/mol. The largest absolute Gasteiger partial charge is 0.264 e. The molecule has 0 fully saturated rings. The molecule has 0 aromatic carbocycles. The maximum Gasteiger partial charge on any atom is 0.264 e. The van der Waals surface area contributed by atoms with Crippen LogP contribution < -0.4 is 0 Å². The zero-order valence-corrected chi connectivity index (χ0v) is 5.94. The van der Waals surface area contributed by atoms with Crippen molar-refractivity contribution in [2.75, 3.05) is 11.6 Å². The van der Waals surface area contributed by atoms with Gasteiger partial charge in [0.15, 0.2) is 0 Å². The summed E-state index contributed by atoms with van der Waals surface area (Å²) in [5, 5.41) is 0. The molecule has 0 aliphatic heterocycles. The second-order valence-electron chi connectivity index (χ2n) is 1.16. The number of halogens is 1. The van der Waals surface area contributed by atoms with Gasteiger partial charge in [-0.2, -0.15) is 0 Å². The molecule has 0 aromatic rings. The predicted octanol–water partition coefficient (Wildman–Crippen LogP) is -0.109. The molecular formula is C3H4ClNO3S. The van der Waals surface area contributed by atoms with Crippen LogP contribution in [-0.2, 0) is 14.8 Å². The monoisotopic (exact) mass is 169 g/mol. The number of nitrogens with zero attached hydrogens (tertiary/aromatic N) is 1. The van der Waals surface area contributed by atoms with Gasteiger partial charge in [0.1, 0.15) is 0 Å². The fourth-order valence-corrected chi connectivity index (χ4v) is 1.18. The standard InChI is InChI=1S/C3H4ClNO3S/c4-1-2-9(7,8)5-3-6/h1-2H2. The van der Waals surface area contributed by atoms with E-state index in [-0.39, 0.29) is 11.6 Å². The van der Waals surface area contributed by atoms with Crippen LogP contribution in [0.4, 0.5) is 0 Å². The Labute approximate surface area is 57.6 Å². The third-order valence-electron chi connectivity index (χ3n) is 0.511. The van der Waals surface area contributed by atoms with Gasteiger partial charge in [-0.25, -0.2) is 13.2 Å². The highest BCUT2D eigenvalue weighted by Gasteiger charge is 2.04. The molecule has 0 heterocycles. The molecule has 0 spiro atoms. The molecule has 52 valence electrons. The van der Waals surface area contributed by atoms with E-state index in [0.717, 1.165) is 6.08 Å². The van der Waals surface area contributed by atoms with Crippen LogP contribution in [0.2, 0.25) is 0 Å². The molecule has 9 heavy (non-hydrogen) atoms. The van der Waals surface area contributed by atoms with Crippen molar-refractivity contribution in [2.45, 2.75) is 0 Å². The lowest BCUT2D eigenvalue weighted by Crippen LogP contribution is -2.02. The normalized spacial score (nSPS) is 10.3. The summed E-state index contributed by atoms with van der Waals surface area (Å²) >= 11 is 5.05. The van der Waals surface area contributed by atoms with Gasteiger partial charge in [-0.3, -0.25) is 0 Å². The molecule has 0 aliphatic carbocycles. The van der Waals surface area contributed by atoms with E-state index in [2.05, 4.69) is 4.40 Å². The van der Waals surface area contributed by atoms with Gasteiger partial charge in [-0.1, -0.05) is 4.40 Å². The molecule has 4 nitrogen and oxygen atoms in total. The summed E-state index contributed by atoms with van der Waals surface area (Å²) in [7, 11) is -3.61. The summed E-state index contributed by atoms with van der Waals surface area (Å²) in [6.45, 7) is 0. The zero-order valence-electron chi connectivity index (χ0n) is 4.37. The Hall–Kier alpha value is -0.380. The Balaban J connectivity index is 4.22. The topological polar surface area (TPSA) is 63.6 Å². The minimum Gasteiger partial charge on any atom is -0.210 e. The number of hydrogen-bond donors (Lipinski definition) is 0. The number of alkyl halides is 1. The third kappa shape index (κ3) is 4.14. The SMILES string of the molecule is O=C=NS(=O)(=O)CCCl. The highest BCUT2D eigenvalue weighted by atomic mass is 35.5. The van der Waals surface area contributed by atoms with Crippen LogP contribution >= 0.6 is 11.6 Å². The number of isocyanates is 1. The van der Waals surface area contributed by atoms with E-state index < -0.39 is 10.0 Å². The number of hydrogen-bond acceptors (Lipinski definition) is 3. The molecule has 0 amide bonds. The lowest BCUT2D eigenvalue weighted by atomic mass is 11.0. The molecule has 6 heteroatoms. The first-order valence-electron chi connectivity index (χ1n) is 2.00. The molecule has 0 radical (unpaired) electrons. The first-order valence-corrected chi connectivity index (χ1v) is 4.14. The lowest BCUT2D eigenvalue weighted by Gasteiger charge is -1.85. The Kier molecular flexibility index (Phi) is 3.46. The van der Waals surface area contributed by atoms with Crippen LogP contribution in [0.3, 0.4) is 0 Å². The van der Waals surface area contributed by atoms with Crippen LogP contribution in [-0.4, -0.2) is 26.1 Å². The van der Waals surface area contributed by atoms with Crippen molar-refractivity contribution < 1.29 is 13.2 Å². The summed E-state index contributed by atoms with van der Waals surface area (Å²) in [4.78, 5) is 9.38. The van der Waals surface area contributed by atoms with Crippen LogP contribution in [0.25, 0.3) is 0 Å². The van der Waals surface area contributed by atoms with E-state index in [4.69, 9.17) is 11.6 Å². The van der Waals surface area contributed by atoms with Crippen molar-refractivity contribution in [1.82, 2.24) is 0 Å². The first kappa shape index (κ1) is 8.62. The average Bonchev–Trinajstić information content (AvgIpc) is 1.64.